The van der Waals surface area contributed by atoms with E-state index < -0.39 is 49.5 Å². The second kappa shape index (κ2) is 32.8. The third-order valence-corrected chi connectivity index (χ3v) is 10.5. The van der Waals surface area contributed by atoms with E-state index >= 15 is 0 Å². The molecule has 1 aliphatic rings. The minimum atomic E-state index is -1.54. The van der Waals surface area contributed by atoms with Gasteiger partial charge in [0.2, 0.25) is 5.91 Å². The Hall–Kier alpha value is -0.810. The Kier molecular flexibility index (Phi) is 31.0. The molecule has 0 spiro atoms. The largest absolute Gasteiger partial charge is 0.394 e. The van der Waals surface area contributed by atoms with Crippen molar-refractivity contribution in [1.29, 1.82) is 0 Å². The number of aliphatic hydroxyl groups is 5. The van der Waals surface area contributed by atoms with Crippen LogP contribution in [0.3, 0.4) is 0 Å². The summed E-state index contributed by atoms with van der Waals surface area (Å²) in [5.41, 5.74) is 0. The average Bonchev–Trinajstić information content (AvgIpc) is 3.12. The molecule has 0 bridgehead atoms. The van der Waals surface area contributed by atoms with Gasteiger partial charge in [-0.05, 0) is 12.8 Å². The van der Waals surface area contributed by atoms with Gasteiger partial charge in [-0.2, -0.15) is 0 Å². The molecule has 1 heterocycles. The fourth-order valence-corrected chi connectivity index (χ4v) is 6.96. The normalized spacial score (nSPS) is 22.1. The molecule has 1 amide bonds. The summed E-state index contributed by atoms with van der Waals surface area (Å²) in [5, 5.41) is 53.6. The lowest BCUT2D eigenvalue weighted by atomic mass is 9.99. The number of carbonyl (C=O) groups is 1. The molecular weight excluding hydrogens is 634 g/mol. The standard InChI is InChI=1S/C41H81NO8/c1-3-5-7-8-9-10-11-12-13-14-15-16-17-18-19-20-21-22-23-24-25-26-27-28-29-30-35(44)34(42-37(45)31-6-4-2)33-49-41-40(48)39(47)38(46)36(32-43)50-41/h34-36,38-41,43-44,46-48H,3-33H2,1-2H3,(H,42,45). The zero-order valence-corrected chi connectivity index (χ0v) is 32.4. The van der Waals surface area contributed by atoms with Crippen LogP contribution in [-0.4, -0.2) is 87.5 Å². The molecule has 6 N–H and O–H groups in total. The molecule has 1 fully saturated rings. The van der Waals surface area contributed by atoms with Crippen LogP contribution in [0.15, 0.2) is 0 Å². The van der Waals surface area contributed by atoms with Crippen molar-refractivity contribution >= 4 is 5.91 Å². The molecule has 0 saturated carbocycles. The van der Waals surface area contributed by atoms with Gasteiger partial charge in [-0.1, -0.05) is 181 Å². The minimum absolute atomic E-state index is 0.138. The molecule has 1 rings (SSSR count). The zero-order valence-electron chi connectivity index (χ0n) is 32.4. The van der Waals surface area contributed by atoms with E-state index in [1.165, 1.54) is 141 Å². The molecule has 0 aromatic heterocycles. The van der Waals surface area contributed by atoms with Gasteiger partial charge >= 0.3 is 0 Å². The third-order valence-electron chi connectivity index (χ3n) is 10.5. The van der Waals surface area contributed by atoms with E-state index in [4.69, 9.17) is 9.47 Å². The van der Waals surface area contributed by atoms with Gasteiger partial charge in [-0.3, -0.25) is 4.79 Å². The smallest absolute Gasteiger partial charge is 0.220 e. The predicted octanol–water partition coefficient (Wildman–Crippen LogP) is 8.00. The summed E-state index contributed by atoms with van der Waals surface area (Å²) in [4.78, 5) is 12.4. The van der Waals surface area contributed by atoms with Gasteiger partial charge in [0.1, 0.15) is 24.4 Å². The molecule has 7 unspecified atom stereocenters. The van der Waals surface area contributed by atoms with Gasteiger partial charge in [-0.15, -0.1) is 0 Å². The van der Waals surface area contributed by atoms with Gasteiger partial charge in [-0.25, -0.2) is 0 Å². The van der Waals surface area contributed by atoms with Gasteiger partial charge in [0, 0.05) is 6.42 Å². The van der Waals surface area contributed by atoms with E-state index in [2.05, 4.69) is 12.2 Å². The van der Waals surface area contributed by atoms with Crippen LogP contribution in [0.1, 0.15) is 200 Å². The van der Waals surface area contributed by atoms with E-state index in [-0.39, 0.29) is 12.5 Å². The first-order valence-corrected chi connectivity index (χ1v) is 21.2. The Bertz CT molecular complexity index is 756. The highest BCUT2D eigenvalue weighted by Gasteiger charge is 2.44. The van der Waals surface area contributed by atoms with E-state index in [1.54, 1.807) is 0 Å². The molecular formula is C41H81NO8. The Morgan fingerprint density at radius 2 is 1.00 bits per heavy atom. The lowest BCUT2D eigenvalue weighted by molar-refractivity contribution is -0.302. The second-order valence-corrected chi connectivity index (χ2v) is 15.1. The number of rotatable bonds is 35. The SMILES string of the molecule is CCCCCCCCCCCCCCCCCCCCCCCCCCCC(O)C(COC1OC(CO)C(O)C(O)C1O)NC(=O)CCCC. The molecule has 0 radical (unpaired) electrons. The van der Waals surface area contributed by atoms with Crippen molar-refractivity contribution in [2.75, 3.05) is 13.2 Å². The van der Waals surface area contributed by atoms with Crippen molar-refractivity contribution in [3.8, 4) is 0 Å². The summed E-state index contributed by atoms with van der Waals surface area (Å²) >= 11 is 0. The monoisotopic (exact) mass is 716 g/mol. The van der Waals surface area contributed by atoms with Crippen molar-refractivity contribution in [1.82, 2.24) is 5.32 Å². The number of hydrogen-bond acceptors (Lipinski definition) is 8. The number of hydrogen-bond donors (Lipinski definition) is 6. The van der Waals surface area contributed by atoms with Crippen molar-refractivity contribution in [2.24, 2.45) is 0 Å². The van der Waals surface area contributed by atoms with Crippen molar-refractivity contribution in [3.63, 3.8) is 0 Å². The van der Waals surface area contributed by atoms with Gasteiger partial charge in [0.05, 0.1) is 25.4 Å². The van der Waals surface area contributed by atoms with Crippen LogP contribution < -0.4 is 5.32 Å². The molecule has 298 valence electrons. The van der Waals surface area contributed by atoms with Crippen LogP contribution in [0.2, 0.25) is 0 Å². The number of amides is 1. The summed E-state index contributed by atoms with van der Waals surface area (Å²) in [7, 11) is 0. The lowest BCUT2D eigenvalue weighted by Crippen LogP contribution is -2.60. The van der Waals surface area contributed by atoms with E-state index in [9.17, 15) is 30.3 Å². The van der Waals surface area contributed by atoms with Crippen molar-refractivity contribution in [3.05, 3.63) is 0 Å². The quantitative estimate of drug-likeness (QED) is 0.0362. The summed E-state index contributed by atoms with van der Waals surface area (Å²) in [6.45, 7) is 3.60. The summed E-state index contributed by atoms with van der Waals surface area (Å²) in [6.07, 6.45) is 28.2. The maximum Gasteiger partial charge on any atom is 0.220 e. The molecule has 0 aromatic rings. The third kappa shape index (κ3) is 23.7. The molecule has 9 nitrogen and oxygen atoms in total. The number of unbranched alkanes of at least 4 members (excludes halogenated alkanes) is 25. The Morgan fingerprint density at radius 1 is 0.600 bits per heavy atom. The maximum atomic E-state index is 12.4. The first-order chi connectivity index (χ1) is 24.3. The number of ether oxygens (including phenoxy) is 2. The van der Waals surface area contributed by atoms with E-state index in [0.717, 1.165) is 32.1 Å². The molecule has 0 aliphatic carbocycles. The molecule has 1 aliphatic heterocycles. The minimum Gasteiger partial charge on any atom is -0.394 e. The highest BCUT2D eigenvalue weighted by Crippen LogP contribution is 2.23. The van der Waals surface area contributed by atoms with Crippen LogP contribution in [0, 0.1) is 0 Å². The maximum absolute atomic E-state index is 12.4. The Labute approximate surface area is 306 Å². The predicted molar refractivity (Wildman–Crippen MR) is 203 cm³/mol. The van der Waals surface area contributed by atoms with Crippen molar-refractivity contribution < 1.29 is 39.8 Å². The van der Waals surface area contributed by atoms with Crippen LogP contribution in [0.5, 0.6) is 0 Å². The van der Waals surface area contributed by atoms with Crippen LogP contribution in [-0.2, 0) is 14.3 Å². The molecule has 1 saturated heterocycles. The number of carbonyl (C=O) groups excluding carboxylic acids is 1. The first-order valence-electron chi connectivity index (χ1n) is 21.2. The van der Waals surface area contributed by atoms with E-state index in [1.807, 2.05) is 6.92 Å². The summed E-state index contributed by atoms with van der Waals surface area (Å²) in [6, 6.07) is -0.707. The summed E-state index contributed by atoms with van der Waals surface area (Å²) < 4.78 is 11.1. The zero-order chi connectivity index (χ0) is 36.7. The fourth-order valence-electron chi connectivity index (χ4n) is 6.96. The van der Waals surface area contributed by atoms with Crippen LogP contribution in [0.4, 0.5) is 0 Å². The number of nitrogens with one attached hydrogen (secondary N) is 1. The van der Waals surface area contributed by atoms with Gasteiger partial charge in [0.15, 0.2) is 6.29 Å². The van der Waals surface area contributed by atoms with Gasteiger partial charge in [0.25, 0.3) is 0 Å². The highest BCUT2D eigenvalue weighted by atomic mass is 16.7. The van der Waals surface area contributed by atoms with Crippen LogP contribution >= 0.6 is 0 Å². The molecule has 50 heavy (non-hydrogen) atoms. The molecule has 9 heteroatoms. The topological polar surface area (TPSA) is 149 Å². The summed E-state index contributed by atoms with van der Waals surface area (Å²) in [5.74, 6) is -0.178. The van der Waals surface area contributed by atoms with Gasteiger partial charge < -0.3 is 40.3 Å². The second-order valence-electron chi connectivity index (χ2n) is 15.1. The molecule has 7 atom stereocenters. The lowest BCUT2D eigenvalue weighted by Gasteiger charge is -2.40. The Morgan fingerprint density at radius 3 is 1.40 bits per heavy atom. The van der Waals surface area contributed by atoms with Crippen molar-refractivity contribution in [2.45, 2.75) is 243 Å². The average molecular weight is 716 g/mol. The highest BCUT2D eigenvalue weighted by molar-refractivity contribution is 5.76. The Balaban J connectivity index is 2.05. The fraction of sp³-hybridized carbons (Fsp3) is 0.976. The van der Waals surface area contributed by atoms with E-state index in [0.29, 0.717) is 12.8 Å². The molecule has 0 aromatic carbocycles. The number of aliphatic hydroxyl groups excluding tert-OH is 5. The van der Waals surface area contributed by atoms with Crippen LogP contribution in [0.25, 0.3) is 0 Å². The first kappa shape index (κ1) is 47.2.